The third-order valence-electron chi connectivity index (χ3n) is 5.79. The molecule has 0 aliphatic carbocycles. The molecular weight excluding hydrogens is 542 g/mol. The highest BCUT2D eigenvalue weighted by atomic mass is 19.4. The summed E-state index contributed by atoms with van der Waals surface area (Å²) in [5.41, 5.74) is -3.35. The van der Waals surface area contributed by atoms with Gasteiger partial charge in [-0.15, -0.1) is 0 Å². The van der Waals surface area contributed by atoms with Crippen molar-refractivity contribution in [1.29, 1.82) is 0 Å². The van der Waals surface area contributed by atoms with Crippen LogP contribution in [0.4, 0.5) is 43.9 Å². The molecule has 3 aromatic carbocycles. The van der Waals surface area contributed by atoms with Crippen molar-refractivity contribution in [1.82, 2.24) is 0 Å². The van der Waals surface area contributed by atoms with Gasteiger partial charge >= 0.3 is 12.3 Å². The van der Waals surface area contributed by atoms with E-state index in [1.807, 2.05) is 6.92 Å². The number of rotatable bonds is 10. The van der Waals surface area contributed by atoms with E-state index in [2.05, 4.69) is 4.74 Å². The molecule has 0 saturated carbocycles. The van der Waals surface area contributed by atoms with E-state index in [-0.39, 0.29) is 35.2 Å². The molecule has 0 aliphatic rings. The molecule has 39 heavy (non-hydrogen) atoms. The molecule has 1 nitrogen and oxygen atoms in total. The second kappa shape index (κ2) is 12.1. The van der Waals surface area contributed by atoms with E-state index in [0.29, 0.717) is 18.6 Å². The molecule has 3 aromatic rings. The first-order valence-electron chi connectivity index (χ1n) is 11.8. The number of ether oxygens (including phenoxy) is 1. The SMILES string of the molecule is CCCCCCC(F)=C(F)c1ccc(-c2ccc(C(F)(F)Oc3cc(F)c(C(F)(F)F)c(F)c3)c(F)c2)cc1. The third kappa shape index (κ3) is 7.33. The normalized spacial score (nSPS) is 12.9. The van der Waals surface area contributed by atoms with Crippen molar-refractivity contribution in [3.63, 3.8) is 0 Å². The van der Waals surface area contributed by atoms with E-state index in [0.717, 1.165) is 25.3 Å². The molecule has 11 heteroatoms. The molecule has 0 radical (unpaired) electrons. The zero-order valence-electron chi connectivity index (χ0n) is 20.4. The van der Waals surface area contributed by atoms with Gasteiger partial charge < -0.3 is 4.74 Å². The molecule has 0 heterocycles. The van der Waals surface area contributed by atoms with Crippen molar-refractivity contribution in [2.75, 3.05) is 0 Å². The fraction of sp³-hybridized carbons (Fsp3) is 0.286. The van der Waals surface area contributed by atoms with Gasteiger partial charge in [-0.2, -0.15) is 22.0 Å². The van der Waals surface area contributed by atoms with Crippen molar-refractivity contribution < 1.29 is 48.6 Å². The first-order valence-corrected chi connectivity index (χ1v) is 11.8. The van der Waals surface area contributed by atoms with E-state index >= 15 is 0 Å². The molecule has 0 spiro atoms. The maximum absolute atomic E-state index is 14.6. The summed E-state index contributed by atoms with van der Waals surface area (Å²) in [6.45, 7) is 1.99. The summed E-state index contributed by atoms with van der Waals surface area (Å²) in [6, 6.07) is 7.33. The molecule has 3 rings (SSSR count). The minimum atomic E-state index is -5.42. The Balaban J connectivity index is 1.79. The third-order valence-corrected chi connectivity index (χ3v) is 5.79. The van der Waals surface area contributed by atoms with Gasteiger partial charge in [0.05, 0.1) is 5.56 Å². The van der Waals surface area contributed by atoms with E-state index in [4.69, 9.17) is 0 Å². The minimum Gasteiger partial charge on any atom is -0.429 e. The lowest BCUT2D eigenvalue weighted by atomic mass is 10.0. The first kappa shape index (κ1) is 30.0. The van der Waals surface area contributed by atoms with Gasteiger partial charge in [-0.05, 0) is 29.7 Å². The van der Waals surface area contributed by atoms with E-state index < -0.39 is 58.3 Å². The Labute approximate surface area is 217 Å². The summed E-state index contributed by atoms with van der Waals surface area (Å²) >= 11 is 0. The van der Waals surface area contributed by atoms with Crippen molar-refractivity contribution in [3.05, 3.63) is 94.6 Å². The van der Waals surface area contributed by atoms with E-state index in [1.165, 1.54) is 24.3 Å². The Hall–Kier alpha value is -3.50. The van der Waals surface area contributed by atoms with E-state index in [9.17, 15) is 43.9 Å². The minimum absolute atomic E-state index is 0.0533. The Morgan fingerprint density at radius 2 is 1.31 bits per heavy atom. The summed E-state index contributed by atoms with van der Waals surface area (Å²) in [4.78, 5) is 0. The Bertz CT molecular complexity index is 1300. The molecule has 0 aliphatic heterocycles. The number of halogens is 10. The number of hydrogen-bond donors (Lipinski definition) is 0. The molecule has 0 N–H and O–H groups in total. The zero-order valence-corrected chi connectivity index (χ0v) is 20.4. The number of alkyl halides is 5. The summed E-state index contributed by atoms with van der Waals surface area (Å²) in [6.07, 6.45) is -6.88. The van der Waals surface area contributed by atoms with Crippen molar-refractivity contribution in [3.8, 4) is 16.9 Å². The Kier molecular flexibility index (Phi) is 9.34. The Morgan fingerprint density at radius 3 is 1.85 bits per heavy atom. The molecule has 0 saturated heterocycles. The second-order valence-corrected chi connectivity index (χ2v) is 8.68. The fourth-order valence-electron chi connectivity index (χ4n) is 3.80. The quantitative estimate of drug-likeness (QED) is 0.176. The largest absolute Gasteiger partial charge is 0.429 e. The summed E-state index contributed by atoms with van der Waals surface area (Å²) in [5.74, 6) is -9.10. The molecule has 0 amide bonds. The van der Waals surface area contributed by atoms with Crippen LogP contribution in [0.25, 0.3) is 17.0 Å². The highest BCUT2D eigenvalue weighted by Gasteiger charge is 2.41. The van der Waals surface area contributed by atoms with Crippen LogP contribution < -0.4 is 4.74 Å². The number of hydrogen-bond acceptors (Lipinski definition) is 1. The standard InChI is InChI=1S/C28H22F10O/c1-2-3-4-5-6-21(29)26(33)17-9-7-16(8-10-17)18-11-12-20(22(30)13-18)28(37,38)39-19-14-23(31)25(24(32)15-19)27(34,35)36/h7-15H,2-6H2,1H3. The van der Waals surface area contributed by atoms with Gasteiger partial charge in [0.1, 0.15) is 34.6 Å². The number of unbranched alkanes of at least 4 members (excludes halogenated alkanes) is 3. The molecule has 0 atom stereocenters. The number of benzene rings is 3. The summed E-state index contributed by atoms with van der Waals surface area (Å²) < 4.78 is 142. The predicted octanol–water partition coefficient (Wildman–Crippen LogP) is 10.5. The topological polar surface area (TPSA) is 9.23 Å². The van der Waals surface area contributed by atoms with Crippen LogP contribution in [0.15, 0.2) is 60.4 Å². The fourth-order valence-corrected chi connectivity index (χ4v) is 3.80. The van der Waals surface area contributed by atoms with Crippen molar-refractivity contribution >= 4 is 5.83 Å². The predicted molar refractivity (Wildman–Crippen MR) is 126 cm³/mol. The van der Waals surface area contributed by atoms with Crippen molar-refractivity contribution in [2.24, 2.45) is 0 Å². The molecular formula is C28H22F10O. The van der Waals surface area contributed by atoms with Gasteiger partial charge in [-0.25, -0.2) is 22.0 Å². The van der Waals surface area contributed by atoms with Gasteiger partial charge in [0, 0.05) is 24.1 Å². The van der Waals surface area contributed by atoms with Gasteiger partial charge in [-0.3, -0.25) is 0 Å². The van der Waals surface area contributed by atoms with Gasteiger partial charge in [0.15, 0.2) is 5.83 Å². The van der Waals surface area contributed by atoms with Gasteiger partial charge in [0.25, 0.3) is 0 Å². The highest BCUT2D eigenvalue weighted by molar-refractivity contribution is 5.68. The molecule has 210 valence electrons. The average molecular weight is 564 g/mol. The molecule has 0 aromatic heterocycles. The van der Waals surface area contributed by atoms with Crippen LogP contribution in [-0.4, -0.2) is 0 Å². The van der Waals surface area contributed by atoms with Gasteiger partial charge in [0.2, 0.25) is 0 Å². The van der Waals surface area contributed by atoms with Crippen LogP contribution in [-0.2, 0) is 12.3 Å². The monoisotopic (exact) mass is 564 g/mol. The second-order valence-electron chi connectivity index (χ2n) is 8.68. The molecule has 0 bridgehead atoms. The zero-order chi connectivity index (χ0) is 29.0. The van der Waals surface area contributed by atoms with Gasteiger partial charge in [-0.1, -0.05) is 56.5 Å². The lowest BCUT2D eigenvalue weighted by Gasteiger charge is -2.20. The molecule has 0 unspecified atom stereocenters. The smallest absolute Gasteiger partial charge is 0.429 e. The van der Waals surface area contributed by atoms with Crippen LogP contribution in [0.5, 0.6) is 5.75 Å². The maximum Gasteiger partial charge on any atom is 0.429 e. The average Bonchev–Trinajstić information content (AvgIpc) is 2.84. The lowest BCUT2D eigenvalue weighted by molar-refractivity contribution is -0.187. The van der Waals surface area contributed by atoms with Crippen LogP contribution in [0.1, 0.15) is 55.7 Å². The first-order chi connectivity index (χ1) is 18.2. The maximum atomic E-state index is 14.6. The summed E-state index contributed by atoms with van der Waals surface area (Å²) in [7, 11) is 0. The highest BCUT2D eigenvalue weighted by Crippen LogP contribution is 2.39. The Morgan fingerprint density at radius 1 is 0.718 bits per heavy atom. The van der Waals surface area contributed by atoms with Crippen LogP contribution in [0.2, 0.25) is 0 Å². The van der Waals surface area contributed by atoms with Crippen LogP contribution in [0.3, 0.4) is 0 Å². The molecule has 0 fully saturated rings. The van der Waals surface area contributed by atoms with Crippen LogP contribution in [0, 0.1) is 17.5 Å². The van der Waals surface area contributed by atoms with Crippen LogP contribution >= 0.6 is 0 Å². The summed E-state index contributed by atoms with van der Waals surface area (Å²) in [5, 5.41) is 0. The van der Waals surface area contributed by atoms with E-state index in [1.54, 1.807) is 0 Å². The van der Waals surface area contributed by atoms with Crippen molar-refractivity contribution in [2.45, 2.75) is 51.3 Å². The lowest BCUT2D eigenvalue weighted by Crippen LogP contribution is -2.24. The number of allylic oxidation sites excluding steroid dienone is 1.